The van der Waals surface area contributed by atoms with E-state index in [1.165, 1.54) is 5.56 Å². The quantitative estimate of drug-likeness (QED) is 0.418. The molecule has 1 fully saturated rings. The Morgan fingerprint density at radius 3 is 2.15 bits per heavy atom. The molecule has 3 aromatic carbocycles. The van der Waals surface area contributed by atoms with Crippen LogP contribution in [0.3, 0.4) is 0 Å². The average Bonchev–Trinajstić information content (AvgIpc) is 3.20. The van der Waals surface area contributed by atoms with Crippen molar-refractivity contribution in [3.63, 3.8) is 0 Å². The van der Waals surface area contributed by atoms with Gasteiger partial charge in [0.1, 0.15) is 11.9 Å². The third-order valence-corrected chi connectivity index (χ3v) is 7.23. The normalized spacial score (nSPS) is 21.3. The number of benzene rings is 3. The van der Waals surface area contributed by atoms with Gasteiger partial charge in [0.25, 0.3) is 0 Å². The second-order valence-electron chi connectivity index (χ2n) is 8.44. The number of piperazine rings is 1. The van der Waals surface area contributed by atoms with E-state index in [-0.39, 0.29) is 12.1 Å². The molecule has 0 saturated carbocycles. The largest absolute Gasteiger partial charge is 0.334 e. The van der Waals surface area contributed by atoms with Gasteiger partial charge >= 0.3 is 0 Å². The Labute approximate surface area is 213 Å². The lowest BCUT2D eigenvalue weighted by atomic mass is 9.94. The first kappa shape index (κ1) is 22.9. The Morgan fingerprint density at radius 2 is 1.52 bits per heavy atom. The van der Waals surface area contributed by atoms with Gasteiger partial charge in [-0.25, -0.2) is 0 Å². The third kappa shape index (κ3) is 5.13. The molecule has 0 spiro atoms. The van der Waals surface area contributed by atoms with Gasteiger partial charge in [-0.3, -0.25) is 9.89 Å². The highest BCUT2D eigenvalue weighted by Crippen LogP contribution is 2.44. The maximum Gasteiger partial charge on any atom is 0.133 e. The highest BCUT2D eigenvalue weighted by molar-refractivity contribution is 9.10. The van der Waals surface area contributed by atoms with Crippen LogP contribution in [0.5, 0.6) is 0 Å². The summed E-state index contributed by atoms with van der Waals surface area (Å²) in [6, 6.07) is 24.7. The summed E-state index contributed by atoms with van der Waals surface area (Å²) in [6.07, 6.45) is 0. The molecule has 2 unspecified atom stereocenters. The number of nitrogens with zero attached hydrogens (tertiary/aromatic N) is 3. The molecule has 2 heterocycles. The van der Waals surface area contributed by atoms with Crippen molar-refractivity contribution >= 4 is 45.0 Å². The first-order valence-corrected chi connectivity index (χ1v) is 12.7. The molecule has 3 aromatic rings. The van der Waals surface area contributed by atoms with Crippen molar-refractivity contribution in [2.24, 2.45) is 4.99 Å². The molecule has 0 aromatic heterocycles. The van der Waals surface area contributed by atoms with E-state index in [9.17, 15) is 0 Å². The van der Waals surface area contributed by atoms with Crippen molar-refractivity contribution in [1.82, 2.24) is 15.1 Å². The number of aliphatic imine (C=N–C) groups is 1. The molecule has 0 aliphatic carbocycles. The summed E-state index contributed by atoms with van der Waals surface area (Å²) in [6.45, 7) is 4.85. The topological polar surface area (TPSA) is 30.9 Å². The fourth-order valence-electron chi connectivity index (χ4n) is 4.61. The molecule has 33 heavy (non-hydrogen) atoms. The smallest absolute Gasteiger partial charge is 0.133 e. The van der Waals surface area contributed by atoms with Crippen molar-refractivity contribution in [3.8, 4) is 0 Å². The molecule has 2 aliphatic rings. The minimum absolute atomic E-state index is 0.0484. The zero-order valence-corrected chi connectivity index (χ0v) is 21.2. The number of hydrogen-bond donors (Lipinski definition) is 1. The van der Waals surface area contributed by atoms with Gasteiger partial charge in [0, 0.05) is 46.3 Å². The standard InChI is InChI=1S/C26H25BrCl2N4/c27-21-3-1-2-20(16-21)26-31-24(18-4-8-22(28)9-5-18)25(19-6-10-23(29)11-7-19)33(26)17-32-14-12-30-13-15-32/h1-11,16,24-25,30H,12-15,17H2. The molecule has 170 valence electrons. The Balaban J connectivity index is 1.61. The summed E-state index contributed by atoms with van der Waals surface area (Å²) in [5.41, 5.74) is 3.45. The first-order valence-electron chi connectivity index (χ1n) is 11.1. The Kier molecular flexibility index (Phi) is 7.05. The van der Waals surface area contributed by atoms with E-state index in [2.05, 4.69) is 73.5 Å². The van der Waals surface area contributed by atoms with Gasteiger partial charge in [-0.05, 0) is 47.5 Å². The molecule has 4 nitrogen and oxygen atoms in total. The molecule has 0 amide bonds. The molecule has 0 radical (unpaired) electrons. The number of amidine groups is 1. The summed E-state index contributed by atoms with van der Waals surface area (Å²) in [7, 11) is 0. The monoisotopic (exact) mass is 542 g/mol. The van der Waals surface area contributed by atoms with E-state index >= 15 is 0 Å². The van der Waals surface area contributed by atoms with Crippen molar-refractivity contribution in [1.29, 1.82) is 0 Å². The van der Waals surface area contributed by atoms with Crippen molar-refractivity contribution in [2.75, 3.05) is 32.8 Å². The van der Waals surface area contributed by atoms with Crippen molar-refractivity contribution in [2.45, 2.75) is 12.1 Å². The SMILES string of the molecule is Clc1ccc(C2N=C(c3cccc(Br)c3)N(CN3CCNCC3)C2c2ccc(Cl)cc2)cc1. The molecular formula is C26H25BrCl2N4. The van der Waals surface area contributed by atoms with Crippen LogP contribution in [-0.2, 0) is 0 Å². The maximum atomic E-state index is 6.25. The van der Waals surface area contributed by atoms with Crippen LogP contribution >= 0.6 is 39.1 Å². The van der Waals surface area contributed by atoms with Crippen LogP contribution in [0, 0.1) is 0 Å². The minimum Gasteiger partial charge on any atom is -0.334 e. The summed E-state index contributed by atoms with van der Waals surface area (Å²) >= 11 is 16.1. The molecule has 1 N–H and O–H groups in total. The fourth-order valence-corrected chi connectivity index (χ4v) is 5.26. The predicted octanol–water partition coefficient (Wildman–Crippen LogP) is 6.16. The lowest BCUT2D eigenvalue weighted by Crippen LogP contribution is -2.49. The van der Waals surface area contributed by atoms with Crippen LogP contribution in [-0.4, -0.2) is 48.5 Å². The fraction of sp³-hybridized carbons (Fsp3) is 0.269. The molecule has 7 heteroatoms. The Bertz CT molecular complexity index is 1130. The van der Waals surface area contributed by atoms with Crippen molar-refractivity contribution in [3.05, 3.63) is 104 Å². The van der Waals surface area contributed by atoms with Crippen molar-refractivity contribution < 1.29 is 0 Å². The molecule has 2 aliphatic heterocycles. The van der Waals surface area contributed by atoms with E-state index in [0.29, 0.717) is 0 Å². The highest BCUT2D eigenvalue weighted by atomic mass is 79.9. The van der Waals surface area contributed by atoms with E-state index in [4.69, 9.17) is 28.2 Å². The molecule has 5 rings (SSSR count). The number of halogens is 3. The number of hydrogen-bond acceptors (Lipinski definition) is 4. The zero-order valence-electron chi connectivity index (χ0n) is 18.1. The summed E-state index contributed by atoms with van der Waals surface area (Å²) < 4.78 is 1.04. The van der Waals surface area contributed by atoms with Crippen LogP contribution in [0.2, 0.25) is 10.0 Å². The average molecular weight is 544 g/mol. The highest BCUT2D eigenvalue weighted by Gasteiger charge is 2.39. The minimum atomic E-state index is -0.0552. The van der Waals surface area contributed by atoms with Gasteiger partial charge in [0.05, 0.1) is 12.7 Å². The lowest BCUT2D eigenvalue weighted by Gasteiger charge is -2.37. The Hall–Kier alpha value is -1.89. The predicted molar refractivity (Wildman–Crippen MR) is 140 cm³/mol. The van der Waals surface area contributed by atoms with Gasteiger partial charge in [-0.15, -0.1) is 0 Å². The number of nitrogens with one attached hydrogen (secondary N) is 1. The van der Waals surface area contributed by atoms with Crippen LogP contribution in [0.4, 0.5) is 0 Å². The molecule has 1 saturated heterocycles. The zero-order chi connectivity index (χ0) is 22.8. The first-order chi connectivity index (χ1) is 16.1. The number of rotatable bonds is 5. The summed E-state index contributed by atoms with van der Waals surface area (Å²) in [4.78, 5) is 10.3. The van der Waals surface area contributed by atoms with Crippen LogP contribution in [0.1, 0.15) is 28.8 Å². The van der Waals surface area contributed by atoms with Gasteiger partial charge in [-0.2, -0.15) is 0 Å². The van der Waals surface area contributed by atoms with Gasteiger partial charge in [0.15, 0.2) is 0 Å². The second-order valence-corrected chi connectivity index (χ2v) is 10.2. The molecule has 2 atom stereocenters. The van der Waals surface area contributed by atoms with Crippen LogP contribution < -0.4 is 5.32 Å². The summed E-state index contributed by atoms with van der Waals surface area (Å²) in [5.74, 6) is 1.01. The van der Waals surface area contributed by atoms with E-state index < -0.39 is 0 Å². The molecular weight excluding hydrogens is 519 g/mol. The third-order valence-electron chi connectivity index (χ3n) is 6.24. The van der Waals surface area contributed by atoms with Crippen LogP contribution in [0.15, 0.2) is 82.3 Å². The lowest BCUT2D eigenvalue weighted by molar-refractivity contribution is 0.142. The Morgan fingerprint density at radius 1 is 0.879 bits per heavy atom. The van der Waals surface area contributed by atoms with Crippen LogP contribution in [0.25, 0.3) is 0 Å². The maximum absolute atomic E-state index is 6.25. The second kappa shape index (κ2) is 10.2. The van der Waals surface area contributed by atoms with Gasteiger partial charge in [0.2, 0.25) is 0 Å². The van der Waals surface area contributed by atoms with Gasteiger partial charge < -0.3 is 10.2 Å². The van der Waals surface area contributed by atoms with E-state index in [0.717, 1.165) is 64.3 Å². The van der Waals surface area contributed by atoms with Gasteiger partial charge in [-0.1, -0.05) is 75.5 Å². The summed E-state index contributed by atoms with van der Waals surface area (Å²) in [5, 5.41) is 4.92. The molecule has 0 bridgehead atoms. The van der Waals surface area contributed by atoms with E-state index in [1.54, 1.807) is 0 Å². The van der Waals surface area contributed by atoms with E-state index in [1.807, 2.05) is 30.3 Å².